The number of rotatable bonds is 8. The van der Waals surface area contributed by atoms with Gasteiger partial charge < -0.3 is 25.0 Å². The molecule has 0 saturated heterocycles. The van der Waals surface area contributed by atoms with E-state index in [2.05, 4.69) is 48.5 Å². The van der Waals surface area contributed by atoms with Gasteiger partial charge in [0.05, 0.1) is 14.2 Å². The molecule has 1 rings (SSSR count). The molecule has 0 spiro atoms. The third-order valence-corrected chi connectivity index (χ3v) is 3.64. The van der Waals surface area contributed by atoms with Crippen LogP contribution < -0.4 is 20.1 Å². The zero-order valence-electron chi connectivity index (χ0n) is 16.1. The molecule has 0 aliphatic rings. The van der Waals surface area contributed by atoms with Gasteiger partial charge in [-0.1, -0.05) is 13.8 Å². The summed E-state index contributed by atoms with van der Waals surface area (Å²) in [6.07, 6.45) is 0. The number of nitrogens with zero attached hydrogens (tertiary/aromatic N) is 2. The molecular formula is C18H32N4O2. The normalized spacial score (nSPS) is 12.2. The van der Waals surface area contributed by atoms with Gasteiger partial charge >= 0.3 is 0 Å². The molecule has 136 valence electrons. The van der Waals surface area contributed by atoms with Crippen LogP contribution in [0.2, 0.25) is 0 Å². The van der Waals surface area contributed by atoms with E-state index in [0.29, 0.717) is 6.54 Å². The lowest BCUT2D eigenvalue weighted by Crippen LogP contribution is -2.44. The summed E-state index contributed by atoms with van der Waals surface area (Å²) >= 11 is 0. The Kier molecular flexibility index (Phi) is 7.85. The Bertz CT molecular complexity index is 542. The SMILES string of the molecule is CN=C(NCc1ccc(OC)cc1OC)NCC(C)(C)CN(C)C. The molecule has 1 aromatic carbocycles. The molecule has 0 aromatic heterocycles. The van der Waals surface area contributed by atoms with E-state index in [9.17, 15) is 0 Å². The summed E-state index contributed by atoms with van der Waals surface area (Å²) in [6.45, 7) is 6.94. The molecule has 0 radical (unpaired) electrons. The van der Waals surface area contributed by atoms with Gasteiger partial charge in [-0.15, -0.1) is 0 Å². The molecule has 0 bridgehead atoms. The van der Waals surface area contributed by atoms with Gasteiger partial charge in [-0.2, -0.15) is 0 Å². The van der Waals surface area contributed by atoms with Gasteiger partial charge in [-0.25, -0.2) is 0 Å². The quantitative estimate of drug-likeness (QED) is 0.561. The van der Waals surface area contributed by atoms with Crippen LogP contribution in [-0.4, -0.2) is 59.3 Å². The second-order valence-corrected chi connectivity index (χ2v) is 6.86. The summed E-state index contributed by atoms with van der Waals surface area (Å²) in [5.74, 6) is 2.36. The lowest BCUT2D eigenvalue weighted by atomic mass is 9.93. The Labute approximate surface area is 146 Å². The van der Waals surface area contributed by atoms with Gasteiger partial charge in [0, 0.05) is 38.3 Å². The largest absolute Gasteiger partial charge is 0.497 e. The van der Waals surface area contributed by atoms with Crippen LogP contribution in [0.5, 0.6) is 11.5 Å². The second-order valence-electron chi connectivity index (χ2n) is 6.86. The number of methoxy groups -OCH3 is 2. The first-order chi connectivity index (χ1) is 11.3. The summed E-state index contributed by atoms with van der Waals surface area (Å²) in [5, 5.41) is 6.72. The molecule has 24 heavy (non-hydrogen) atoms. The molecule has 2 N–H and O–H groups in total. The molecule has 0 saturated carbocycles. The zero-order chi connectivity index (χ0) is 18.2. The van der Waals surface area contributed by atoms with Crippen LogP contribution in [0, 0.1) is 5.41 Å². The minimum Gasteiger partial charge on any atom is -0.497 e. The van der Waals surface area contributed by atoms with Crippen molar-refractivity contribution in [2.45, 2.75) is 20.4 Å². The number of hydrogen-bond acceptors (Lipinski definition) is 4. The van der Waals surface area contributed by atoms with Gasteiger partial charge in [0.25, 0.3) is 0 Å². The lowest BCUT2D eigenvalue weighted by Gasteiger charge is -2.29. The number of benzene rings is 1. The minimum atomic E-state index is 0.152. The van der Waals surface area contributed by atoms with E-state index in [1.165, 1.54) is 0 Å². The van der Waals surface area contributed by atoms with Crippen molar-refractivity contribution in [1.82, 2.24) is 15.5 Å². The first kappa shape index (κ1) is 20.1. The molecule has 1 aromatic rings. The lowest BCUT2D eigenvalue weighted by molar-refractivity contribution is 0.241. The van der Waals surface area contributed by atoms with E-state index in [-0.39, 0.29) is 5.41 Å². The van der Waals surface area contributed by atoms with Crippen LogP contribution in [0.1, 0.15) is 19.4 Å². The predicted octanol–water partition coefficient (Wildman–Crippen LogP) is 1.96. The van der Waals surface area contributed by atoms with E-state index in [0.717, 1.165) is 36.1 Å². The zero-order valence-corrected chi connectivity index (χ0v) is 16.1. The summed E-state index contributed by atoms with van der Waals surface area (Å²) < 4.78 is 10.7. The van der Waals surface area contributed by atoms with Crippen molar-refractivity contribution in [3.05, 3.63) is 23.8 Å². The topological polar surface area (TPSA) is 58.1 Å². The van der Waals surface area contributed by atoms with Crippen molar-refractivity contribution in [3.8, 4) is 11.5 Å². The third-order valence-electron chi connectivity index (χ3n) is 3.64. The van der Waals surface area contributed by atoms with E-state index in [4.69, 9.17) is 9.47 Å². The van der Waals surface area contributed by atoms with Crippen LogP contribution >= 0.6 is 0 Å². The molecule has 0 amide bonds. The molecule has 0 aliphatic heterocycles. The summed E-state index contributed by atoms with van der Waals surface area (Å²) in [4.78, 5) is 6.48. The molecule has 0 heterocycles. The molecular weight excluding hydrogens is 304 g/mol. The number of aliphatic imine (C=N–C) groups is 1. The fourth-order valence-electron chi connectivity index (χ4n) is 2.63. The Morgan fingerprint density at radius 1 is 1.17 bits per heavy atom. The smallest absolute Gasteiger partial charge is 0.191 e. The van der Waals surface area contributed by atoms with E-state index in [1.54, 1.807) is 21.3 Å². The maximum atomic E-state index is 5.43. The minimum absolute atomic E-state index is 0.152. The van der Waals surface area contributed by atoms with Crippen molar-refractivity contribution in [2.24, 2.45) is 10.4 Å². The highest BCUT2D eigenvalue weighted by molar-refractivity contribution is 5.79. The highest BCUT2D eigenvalue weighted by Crippen LogP contribution is 2.24. The molecule has 0 atom stereocenters. The van der Waals surface area contributed by atoms with Gasteiger partial charge in [0.2, 0.25) is 0 Å². The Balaban J connectivity index is 2.61. The molecule has 0 aliphatic carbocycles. The van der Waals surface area contributed by atoms with Gasteiger partial charge in [0.15, 0.2) is 5.96 Å². The first-order valence-corrected chi connectivity index (χ1v) is 8.11. The first-order valence-electron chi connectivity index (χ1n) is 8.11. The number of hydrogen-bond donors (Lipinski definition) is 2. The van der Waals surface area contributed by atoms with Gasteiger partial charge in [-0.3, -0.25) is 4.99 Å². The summed E-state index contributed by atoms with van der Waals surface area (Å²) in [7, 11) is 9.26. The Morgan fingerprint density at radius 2 is 1.88 bits per heavy atom. The van der Waals surface area contributed by atoms with Crippen molar-refractivity contribution in [2.75, 3.05) is 48.5 Å². The third kappa shape index (κ3) is 6.66. The van der Waals surface area contributed by atoms with Crippen LogP contribution in [0.25, 0.3) is 0 Å². The van der Waals surface area contributed by atoms with Crippen molar-refractivity contribution in [3.63, 3.8) is 0 Å². The monoisotopic (exact) mass is 336 g/mol. The molecule has 6 heteroatoms. The number of ether oxygens (including phenoxy) is 2. The van der Waals surface area contributed by atoms with Crippen molar-refractivity contribution in [1.29, 1.82) is 0 Å². The Hall–Kier alpha value is -1.95. The van der Waals surface area contributed by atoms with Crippen molar-refractivity contribution < 1.29 is 9.47 Å². The van der Waals surface area contributed by atoms with Crippen LogP contribution in [0.3, 0.4) is 0 Å². The van der Waals surface area contributed by atoms with E-state index < -0.39 is 0 Å². The van der Waals surface area contributed by atoms with Crippen LogP contribution in [-0.2, 0) is 6.54 Å². The van der Waals surface area contributed by atoms with Crippen molar-refractivity contribution >= 4 is 5.96 Å². The van der Waals surface area contributed by atoms with Gasteiger partial charge in [0.1, 0.15) is 11.5 Å². The Morgan fingerprint density at radius 3 is 2.42 bits per heavy atom. The standard InChI is InChI=1S/C18H32N4O2/c1-18(2,13-22(4)5)12-21-17(19-3)20-11-14-8-9-15(23-6)10-16(14)24-7/h8-10H,11-13H2,1-7H3,(H2,19,20,21). The van der Waals surface area contributed by atoms with E-state index in [1.807, 2.05) is 18.2 Å². The van der Waals surface area contributed by atoms with E-state index >= 15 is 0 Å². The fourth-order valence-corrected chi connectivity index (χ4v) is 2.63. The number of nitrogens with one attached hydrogen (secondary N) is 2. The number of guanidine groups is 1. The van der Waals surface area contributed by atoms with Gasteiger partial charge in [-0.05, 0) is 31.6 Å². The average Bonchev–Trinajstić information content (AvgIpc) is 2.53. The second kappa shape index (κ2) is 9.37. The predicted molar refractivity (Wildman–Crippen MR) is 100 cm³/mol. The van der Waals surface area contributed by atoms with Crippen LogP contribution in [0.4, 0.5) is 0 Å². The summed E-state index contributed by atoms with van der Waals surface area (Å²) in [6, 6.07) is 5.80. The molecule has 6 nitrogen and oxygen atoms in total. The maximum absolute atomic E-state index is 5.43. The maximum Gasteiger partial charge on any atom is 0.191 e. The summed E-state index contributed by atoms with van der Waals surface area (Å²) in [5.41, 5.74) is 1.20. The molecule has 0 fully saturated rings. The van der Waals surface area contributed by atoms with Crippen LogP contribution in [0.15, 0.2) is 23.2 Å². The average molecular weight is 336 g/mol. The molecule has 0 unspecified atom stereocenters. The highest BCUT2D eigenvalue weighted by atomic mass is 16.5. The fraction of sp³-hybridized carbons (Fsp3) is 0.611. The highest BCUT2D eigenvalue weighted by Gasteiger charge is 2.19.